The van der Waals surface area contributed by atoms with Crippen molar-refractivity contribution in [3.63, 3.8) is 0 Å². The number of sulfonamides is 1. The molecule has 2 N–H and O–H groups in total. The molecule has 118 valence electrons. The summed E-state index contributed by atoms with van der Waals surface area (Å²) in [6.07, 6.45) is 0.814. The SMILES string of the molecule is CC(NS(=O)(=O)c1cc(Cl)cc(CO)c1Cl)C1CCOC1. The number of hydrogen-bond acceptors (Lipinski definition) is 4. The highest BCUT2D eigenvalue weighted by atomic mass is 35.5. The Kier molecular flexibility index (Phi) is 5.51. The third kappa shape index (κ3) is 3.88. The Morgan fingerprint density at radius 3 is 2.76 bits per heavy atom. The van der Waals surface area contributed by atoms with Crippen LogP contribution in [0.3, 0.4) is 0 Å². The lowest BCUT2D eigenvalue weighted by Crippen LogP contribution is -2.38. The van der Waals surface area contributed by atoms with Crippen LogP contribution in [0.2, 0.25) is 10.0 Å². The standard InChI is InChI=1S/C13H17Cl2NO4S/c1-8(9-2-3-20-7-9)16-21(18,19)12-5-11(14)4-10(6-17)13(12)15/h4-5,8-9,16-17H,2-3,6-7H2,1H3. The predicted octanol–water partition coefficient (Wildman–Crippen LogP) is 2.19. The Labute approximate surface area is 134 Å². The maximum atomic E-state index is 12.5. The van der Waals surface area contributed by atoms with Crippen molar-refractivity contribution in [1.82, 2.24) is 4.72 Å². The van der Waals surface area contributed by atoms with Gasteiger partial charge >= 0.3 is 0 Å². The fourth-order valence-corrected chi connectivity index (χ4v) is 4.52. The zero-order valence-corrected chi connectivity index (χ0v) is 13.8. The minimum atomic E-state index is -3.82. The van der Waals surface area contributed by atoms with Crippen LogP contribution in [-0.4, -0.2) is 32.8 Å². The van der Waals surface area contributed by atoms with Crippen molar-refractivity contribution in [2.75, 3.05) is 13.2 Å². The van der Waals surface area contributed by atoms with Crippen LogP contribution in [0.5, 0.6) is 0 Å². The first kappa shape index (κ1) is 17.0. The van der Waals surface area contributed by atoms with Gasteiger partial charge in [0, 0.05) is 23.6 Å². The van der Waals surface area contributed by atoms with Crippen molar-refractivity contribution >= 4 is 33.2 Å². The van der Waals surface area contributed by atoms with Crippen LogP contribution in [0.15, 0.2) is 17.0 Å². The first-order valence-electron chi connectivity index (χ1n) is 6.54. The van der Waals surface area contributed by atoms with Gasteiger partial charge < -0.3 is 9.84 Å². The Morgan fingerprint density at radius 1 is 1.48 bits per heavy atom. The summed E-state index contributed by atoms with van der Waals surface area (Å²) < 4.78 is 32.8. The molecule has 2 unspecified atom stereocenters. The topological polar surface area (TPSA) is 75.6 Å². The van der Waals surface area contributed by atoms with Crippen LogP contribution < -0.4 is 4.72 Å². The fourth-order valence-electron chi connectivity index (χ4n) is 2.28. The molecule has 0 amide bonds. The lowest BCUT2D eigenvalue weighted by Gasteiger charge is -2.20. The second-order valence-electron chi connectivity index (χ2n) is 5.07. The molecule has 1 saturated heterocycles. The van der Waals surface area contributed by atoms with Gasteiger partial charge in [0.15, 0.2) is 0 Å². The van der Waals surface area contributed by atoms with Gasteiger partial charge in [-0.3, -0.25) is 0 Å². The molecule has 0 spiro atoms. The Balaban J connectivity index is 2.28. The number of rotatable bonds is 5. The average molecular weight is 354 g/mol. The summed E-state index contributed by atoms with van der Waals surface area (Å²) in [5.41, 5.74) is 0.279. The van der Waals surface area contributed by atoms with Gasteiger partial charge in [-0.25, -0.2) is 13.1 Å². The molecule has 21 heavy (non-hydrogen) atoms. The first-order valence-corrected chi connectivity index (χ1v) is 8.78. The molecule has 1 aliphatic heterocycles. The smallest absolute Gasteiger partial charge is 0.242 e. The van der Waals surface area contributed by atoms with E-state index in [2.05, 4.69) is 4.72 Å². The number of nitrogens with one attached hydrogen (secondary N) is 1. The molecule has 1 aromatic carbocycles. The van der Waals surface area contributed by atoms with Gasteiger partial charge in [-0.2, -0.15) is 0 Å². The van der Waals surface area contributed by atoms with E-state index in [0.29, 0.717) is 13.2 Å². The zero-order valence-electron chi connectivity index (χ0n) is 11.5. The molecular formula is C13H17Cl2NO4S. The lowest BCUT2D eigenvalue weighted by molar-refractivity contribution is 0.180. The number of ether oxygens (including phenoxy) is 1. The van der Waals surface area contributed by atoms with E-state index in [0.717, 1.165) is 6.42 Å². The molecule has 1 heterocycles. The summed E-state index contributed by atoms with van der Waals surface area (Å²) in [5.74, 6) is 0.134. The fraction of sp³-hybridized carbons (Fsp3) is 0.538. The number of hydrogen-bond donors (Lipinski definition) is 2. The van der Waals surface area contributed by atoms with E-state index in [1.54, 1.807) is 6.92 Å². The second kappa shape index (κ2) is 6.81. The van der Waals surface area contributed by atoms with Crippen molar-refractivity contribution < 1.29 is 18.3 Å². The molecule has 1 fully saturated rings. The molecule has 0 radical (unpaired) electrons. The molecule has 1 aliphatic rings. The molecule has 0 bridgehead atoms. The van der Waals surface area contributed by atoms with Crippen LogP contribution >= 0.6 is 23.2 Å². The number of aliphatic hydroxyl groups is 1. The minimum Gasteiger partial charge on any atom is -0.392 e. The van der Waals surface area contributed by atoms with E-state index in [1.807, 2.05) is 0 Å². The molecule has 5 nitrogen and oxygen atoms in total. The molecule has 2 rings (SSSR count). The lowest BCUT2D eigenvalue weighted by atomic mass is 10.0. The van der Waals surface area contributed by atoms with E-state index in [-0.39, 0.29) is 39.1 Å². The minimum absolute atomic E-state index is 0.00993. The molecular weight excluding hydrogens is 337 g/mol. The molecule has 8 heteroatoms. The van der Waals surface area contributed by atoms with Gasteiger partial charge in [0.2, 0.25) is 10.0 Å². The predicted molar refractivity (Wildman–Crippen MR) is 81.1 cm³/mol. The molecule has 1 aromatic rings. The molecule has 2 atom stereocenters. The van der Waals surface area contributed by atoms with E-state index in [4.69, 9.17) is 27.9 Å². The van der Waals surface area contributed by atoms with Gasteiger partial charge in [0.1, 0.15) is 4.90 Å². The van der Waals surface area contributed by atoms with Gasteiger partial charge in [-0.1, -0.05) is 23.2 Å². The summed E-state index contributed by atoms with van der Waals surface area (Å²) >= 11 is 11.9. The van der Waals surface area contributed by atoms with Gasteiger partial charge in [-0.05, 0) is 31.0 Å². The van der Waals surface area contributed by atoms with Crippen LogP contribution in [0.25, 0.3) is 0 Å². The van der Waals surface area contributed by atoms with Crippen molar-refractivity contribution in [2.24, 2.45) is 5.92 Å². The zero-order chi connectivity index (χ0) is 15.6. The van der Waals surface area contributed by atoms with Crippen LogP contribution in [0, 0.1) is 5.92 Å². The summed E-state index contributed by atoms with van der Waals surface area (Å²) in [4.78, 5) is -0.119. The Hall–Kier alpha value is -0.370. The van der Waals surface area contributed by atoms with Crippen LogP contribution in [0.1, 0.15) is 18.9 Å². The van der Waals surface area contributed by atoms with E-state index in [9.17, 15) is 13.5 Å². The maximum Gasteiger partial charge on any atom is 0.242 e. The van der Waals surface area contributed by atoms with Crippen molar-refractivity contribution in [2.45, 2.75) is 30.9 Å². The highest BCUT2D eigenvalue weighted by molar-refractivity contribution is 7.89. The summed E-state index contributed by atoms with van der Waals surface area (Å²) in [6.45, 7) is 2.59. The Bertz CT molecular complexity index is 615. The monoisotopic (exact) mass is 353 g/mol. The second-order valence-corrected chi connectivity index (χ2v) is 7.57. The Morgan fingerprint density at radius 2 is 2.19 bits per heavy atom. The van der Waals surface area contributed by atoms with Crippen molar-refractivity contribution in [1.29, 1.82) is 0 Å². The van der Waals surface area contributed by atoms with Crippen LogP contribution in [-0.2, 0) is 21.4 Å². The van der Waals surface area contributed by atoms with Crippen molar-refractivity contribution in [3.05, 3.63) is 27.7 Å². The van der Waals surface area contributed by atoms with Gasteiger partial charge in [-0.15, -0.1) is 0 Å². The van der Waals surface area contributed by atoms with E-state index < -0.39 is 10.0 Å². The van der Waals surface area contributed by atoms with Crippen molar-refractivity contribution in [3.8, 4) is 0 Å². The first-order chi connectivity index (χ1) is 9.85. The van der Waals surface area contributed by atoms with E-state index >= 15 is 0 Å². The molecule has 0 aromatic heterocycles. The number of aliphatic hydroxyl groups excluding tert-OH is 1. The highest BCUT2D eigenvalue weighted by Gasteiger charge is 2.28. The number of benzene rings is 1. The number of halogens is 2. The van der Waals surface area contributed by atoms with Gasteiger partial charge in [0.05, 0.1) is 18.2 Å². The third-order valence-electron chi connectivity index (χ3n) is 3.55. The molecule has 0 aliphatic carbocycles. The summed E-state index contributed by atoms with van der Waals surface area (Å²) in [6, 6.07) is 2.45. The summed E-state index contributed by atoms with van der Waals surface area (Å²) in [7, 11) is -3.82. The molecule has 0 saturated carbocycles. The quantitative estimate of drug-likeness (QED) is 0.850. The van der Waals surface area contributed by atoms with Gasteiger partial charge in [0.25, 0.3) is 0 Å². The highest BCUT2D eigenvalue weighted by Crippen LogP contribution is 2.30. The average Bonchev–Trinajstić information content (AvgIpc) is 2.94. The third-order valence-corrected chi connectivity index (χ3v) is 5.91. The van der Waals surface area contributed by atoms with Crippen LogP contribution in [0.4, 0.5) is 0 Å². The normalized spacial score (nSPS) is 20.7. The summed E-state index contributed by atoms with van der Waals surface area (Å²) in [5, 5.41) is 9.41. The largest absolute Gasteiger partial charge is 0.392 e. The van der Waals surface area contributed by atoms with E-state index in [1.165, 1.54) is 12.1 Å². The maximum absolute atomic E-state index is 12.5.